The lowest BCUT2D eigenvalue weighted by molar-refractivity contribution is -0.384. The molecule has 9 nitrogen and oxygen atoms in total. The fourth-order valence-electron chi connectivity index (χ4n) is 3.90. The number of nitro groups is 1. The highest BCUT2D eigenvalue weighted by Gasteiger charge is 2.35. The second-order valence-electron chi connectivity index (χ2n) is 7.65. The van der Waals surface area contributed by atoms with Crippen molar-refractivity contribution in [3.05, 3.63) is 28.3 Å². The highest BCUT2D eigenvalue weighted by atomic mass is 32.2. The molecule has 0 spiro atoms. The number of nitro benzene ring substituents is 1. The summed E-state index contributed by atoms with van der Waals surface area (Å²) in [5.41, 5.74) is -0.302. The number of methoxy groups -OCH3 is 1. The van der Waals surface area contributed by atoms with Crippen LogP contribution in [-0.2, 0) is 14.8 Å². The fourth-order valence-corrected chi connectivity index (χ4v) is 5.10. The molecular formula is C20H31N3O6S. The van der Waals surface area contributed by atoms with Crippen molar-refractivity contribution in [1.29, 1.82) is 0 Å². The van der Waals surface area contributed by atoms with E-state index in [1.807, 2.05) is 0 Å². The van der Waals surface area contributed by atoms with E-state index in [1.165, 1.54) is 25.7 Å². The molecule has 2 rings (SSSR count). The maximum atomic E-state index is 13.1. The highest BCUT2D eigenvalue weighted by molar-refractivity contribution is 7.92. The Morgan fingerprint density at radius 2 is 1.87 bits per heavy atom. The Morgan fingerprint density at radius 3 is 2.37 bits per heavy atom. The summed E-state index contributed by atoms with van der Waals surface area (Å²) < 4.78 is 31.6. The fraction of sp³-hybridized carbons (Fsp3) is 0.650. The molecule has 1 aliphatic carbocycles. The largest absolute Gasteiger partial charge is 0.495 e. The van der Waals surface area contributed by atoms with Crippen molar-refractivity contribution in [2.45, 2.75) is 70.4 Å². The molecule has 0 bridgehead atoms. The smallest absolute Gasteiger partial charge is 0.271 e. The van der Waals surface area contributed by atoms with E-state index in [0.717, 1.165) is 55.2 Å². The van der Waals surface area contributed by atoms with Crippen LogP contribution >= 0.6 is 0 Å². The first-order chi connectivity index (χ1) is 14.2. The molecule has 10 heteroatoms. The zero-order valence-electron chi connectivity index (χ0n) is 17.8. The molecule has 0 aromatic heterocycles. The van der Waals surface area contributed by atoms with Gasteiger partial charge in [0, 0.05) is 18.2 Å². The van der Waals surface area contributed by atoms with Gasteiger partial charge in [0.05, 0.1) is 18.3 Å². The summed E-state index contributed by atoms with van der Waals surface area (Å²) in [5, 5.41) is 14.3. The number of rotatable bonds is 8. The van der Waals surface area contributed by atoms with Gasteiger partial charge in [0.1, 0.15) is 17.5 Å². The molecule has 1 amide bonds. The summed E-state index contributed by atoms with van der Waals surface area (Å²) in [6, 6.07) is 2.66. The molecule has 0 radical (unpaired) electrons. The van der Waals surface area contributed by atoms with E-state index in [-0.39, 0.29) is 29.6 Å². The SMILES string of the molecule is CCC(C(=O)NC1CCCCCCC1)N(c1cc([N+](=O)[O-])ccc1OC)S(C)(=O)=O. The molecule has 1 aliphatic rings. The van der Waals surface area contributed by atoms with Gasteiger partial charge in [0.2, 0.25) is 15.9 Å². The van der Waals surface area contributed by atoms with Crippen molar-refractivity contribution in [1.82, 2.24) is 5.32 Å². The van der Waals surface area contributed by atoms with Gasteiger partial charge in [0.15, 0.2) is 0 Å². The summed E-state index contributed by atoms with van der Waals surface area (Å²) in [6.07, 6.45) is 8.42. The van der Waals surface area contributed by atoms with Crippen LogP contribution in [0.25, 0.3) is 0 Å². The van der Waals surface area contributed by atoms with Crippen LogP contribution in [0.2, 0.25) is 0 Å². The zero-order valence-corrected chi connectivity index (χ0v) is 18.6. The number of non-ortho nitro benzene ring substituents is 1. The Morgan fingerprint density at radius 1 is 1.27 bits per heavy atom. The monoisotopic (exact) mass is 441 g/mol. The molecule has 1 aromatic rings. The molecule has 1 unspecified atom stereocenters. The van der Waals surface area contributed by atoms with Gasteiger partial charge < -0.3 is 10.1 Å². The van der Waals surface area contributed by atoms with Crippen LogP contribution < -0.4 is 14.4 Å². The first kappa shape index (κ1) is 23.9. The van der Waals surface area contributed by atoms with E-state index in [1.54, 1.807) is 6.92 Å². The van der Waals surface area contributed by atoms with Gasteiger partial charge in [-0.25, -0.2) is 8.42 Å². The van der Waals surface area contributed by atoms with E-state index < -0.39 is 26.9 Å². The lowest BCUT2D eigenvalue weighted by Crippen LogP contribution is -2.51. The van der Waals surface area contributed by atoms with Crippen LogP contribution in [0.1, 0.15) is 58.3 Å². The van der Waals surface area contributed by atoms with Crippen molar-refractivity contribution in [3.8, 4) is 5.75 Å². The van der Waals surface area contributed by atoms with Gasteiger partial charge in [-0.1, -0.05) is 39.0 Å². The van der Waals surface area contributed by atoms with Crippen molar-refractivity contribution in [3.63, 3.8) is 0 Å². The van der Waals surface area contributed by atoms with Gasteiger partial charge >= 0.3 is 0 Å². The molecule has 1 saturated carbocycles. The van der Waals surface area contributed by atoms with Crippen LogP contribution in [0, 0.1) is 10.1 Å². The van der Waals surface area contributed by atoms with E-state index in [9.17, 15) is 23.3 Å². The second kappa shape index (κ2) is 10.6. The standard InChI is InChI=1S/C20H31N3O6S/c1-4-17(20(24)21-15-10-8-6-5-7-9-11-15)22(30(3,27)28)18-14-16(23(25)26)12-13-19(18)29-2/h12-15,17H,4-11H2,1-3H3,(H,21,24). The number of sulfonamides is 1. The van der Waals surface area contributed by atoms with E-state index in [2.05, 4.69) is 5.32 Å². The number of carbonyl (C=O) groups is 1. The number of nitrogens with one attached hydrogen (secondary N) is 1. The molecule has 1 N–H and O–H groups in total. The average Bonchev–Trinajstić information content (AvgIpc) is 2.66. The molecule has 1 aromatic carbocycles. The number of benzene rings is 1. The topological polar surface area (TPSA) is 119 Å². The summed E-state index contributed by atoms with van der Waals surface area (Å²) in [7, 11) is -2.59. The third-order valence-electron chi connectivity index (χ3n) is 5.39. The molecule has 30 heavy (non-hydrogen) atoms. The number of ether oxygens (including phenoxy) is 1. The second-order valence-corrected chi connectivity index (χ2v) is 9.51. The predicted molar refractivity (Wildman–Crippen MR) is 115 cm³/mol. The third-order valence-corrected chi connectivity index (χ3v) is 6.56. The molecule has 168 valence electrons. The Labute approximate surface area is 178 Å². The van der Waals surface area contributed by atoms with Gasteiger partial charge in [-0.15, -0.1) is 0 Å². The molecule has 0 saturated heterocycles. The maximum absolute atomic E-state index is 13.1. The van der Waals surface area contributed by atoms with Gasteiger partial charge in [-0.05, 0) is 25.3 Å². The number of amides is 1. The van der Waals surface area contributed by atoms with E-state index in [4.69, 9.17) is 4.74 Å². The Bertz CT molecular complexity index is 850. The number of nitrogens with zero attached hydrogens (tertiary/aromatic N) is 2. The van der Waals surface area contributed by atoms with Crippen LogP contribution in [0.4, 0.5) is 11.4 Å². The van der Waals surface area contributed by atoms with Crippen molar-refractivity contribution in [2.24, 2.45) is 0 Å². The average molecular weight is 442 g/mol. The van der Waals surface area contributed by atoms with Crippen molar-refractivity contribution in [2.75, 3.05) is 17.7 Å². The van der Waals surface area contributed by atoms with Crippen molar-refractivity contribution < 1.29 is 22.9 Å². The minimum Gasteiger partial charge on any atom is -0.495 e. The molecule has 1 fully saturated rings. The van der Waals surface area contributed by atoms with Gasteiger partial charge in [-0.2, -0.15) is 0 Å². The van der Waals surface area contributed by atoms with Crippen molar-refractivity contribution >= 4 is 27.3 Å². The number of anilines is 1. The zero-order chi connectivity index (χ0) is 22.3. The predicted octanol–water partition coefficient (Wildman–Crippen LogP) is 3.38. The minimum absolute atomic E-state index is 0.000246. The first-order valence-corrected chi connectivity index (χ1v) is 12.2. The minimum atomic E-state index is -3.93. The summed E-state index contributed by atoms with van der Waals surface area (Å²) in [4.78, 5) is 23.8. The van der Waals surface area contributed by atoms with E-state index >= 15 is 0 Å². The number of hydrogen-bond acceptors (Lipinski definition) is 6. The summed E-state index contributed by atoms with van der Waals surface area (Å²) in [5.74, 6) is -0.259. The van der Waals surface area contributed by atoms with E-state index in [0.29, 0.717) is 0 Å². The lowest BCUT2D eigenvalue weighted by atomic mass is 9.96. The Kier molecular flexibility index (Phi) is 8.45. The quantitative estimate of drug-likeness (QED) is 0.488. The number of carbonyl (C=O) groups excluding carboxylic acids is 1. The normalized spacial score (nSPS) is 16.8. The van der Waals surface area contributed by atoms with Crippen LogP contribution in [0.5, 0.6) is 5.75 Å². The van der Waals surface area contributed by atoms with Gasteiger partial charge in [0.25, 0.3) is 5.69 Å². The number of hydrogen-bond donors (Lipinski definition) is 1. The maximum Gasteiger partial charge on any atom is 0.271 e. The third kappa shape index (κ3) is 6.07. The first-order valence-electron chi connectivity index (χ1n) is 10.3. The van der Waals surface area contributed by atoms with Crippen LogP contribution in [0.3, 0.4) is 0 Å². The van der Waals surface area contributed by atoms with Gasteiger partial charge in [-0.3, -0.25) is 19.2 Å². The highest BCUT2D eigenvalue weighted by Crippen LogP contribution is 2.35. The summed E-state index contributed by atoms with van der Waals surface area (Å²) >= 11 is 0. The lowest BCUT2D eigenvalue weighted by Gasteiger charge is -2.32. The van der Waals surface area contributed by atoms with Crippen LogP contribution in [-0.4, -0.2) is 44.7 Å². The molecule has 1 atom stereocenters. The molecule has 0 heterocycles. The molecular weight excluding hydrogens is 410 g/mol. The van der Waals surface area contributed by atoms with Crippen LogP contribution in [0.15, 0.2) is 18.2 Å². The Hall–Kier alpha value is -2.36. The molecule has 0 aliphatic heterocycles. The summed E-state index contributed by atoms with van der Waals surface area (Å²) in [6.45, 7) is 1.71. The Balaban J connectivity index is 2.40.